The Morgan fingerprint density at radius 1 is 1.30 bits per heavy atom. The van der Waals surface area contributed by atoms with Gasteiger partial charge in [0, 0.05) is 26.0 Å². The zero-order valence-corrected chi connectivity index (χ0v) is 11.7. The maximum Gasteiger partial charge on any atom is 0.307 e. The summed E-state index contributed by atoms with van der Waals surface area (Å²) >= 11 is 0. The lowest BCUT2D eigenvalue weighted by atomic mass is 9.95. The maximum absolute atomic E-state index is 12.3. The van der Waals surface area contributed by atoms with E-state index in [1.807, 2.05) is 12.1 Å². The van der Waals surface area contributed by atoms with E-state index in [1.54, 1.807) is 24.3 Å². The Morgan fingerprint density at radius 3 is 2.60 bits per heavy atom. The highest BCUT2D eigenvalue weighted by Crippen LogP contribution is 2.33. The SMILES string of the molecule is CN(CCc1ccncc1)C(=O)C1CCCC1C(=O)O. The second-order valence-electron chi connectivity index (χ2n) is 5.35. The Bertz CT molecular complexity index is 475. The highest BCUT2D eigenvalue weighted by Gasteiger charge is 2.38. The molecule has 5 heteroatoms. The van der Waals surface area contributed by atoms with Gasteiger partial charge in [-0.1, -0.05) is 6.42 Å². The molecule has 20 heavy (non-hydrogen) atoms. The topological polar surface area (TPSA) is 70.5 Å². The molecule has 108 valence electrons. The van der Waals surface area contributed by atoms with Crippen LogP contribution in [0.25, 0.3) is 0 Å². The molecule has 1 saturated carbocycles. The van der Waals surface area contributed by atoms with Crippen LogP contribution in [0, 0.1) is 11.8 Å². The summed E-state index contributed by atoms with van der Waals surface area (Å²) in [5.41, 5.74) is 1.13. The molecule has 5 nitrogen and oxygen atoms in total. The van der Waals surface area contributed by atoms with Gasteiger partial charge in [-0.2, -0.15) is 0 Å². The lowest BCUT2D eigenvalue weighted by molar-refractivity contribution is -0.148. The summed E-state index contributed by atoms with van der Waals surface area (Å²) in [6, 6.07) is 3.85. The predicted molar refractivity (Wildman–Crippen MR) is 74.0 cm³/mol. The molecule has 0 radical (unpaired) electrons. The number of likely N-dealkylation sites (N-methyl/N-ethyl adjacent to an activating group) is 1. The number of carbonyl (C=O) groups excluding carboxylic acids is 1. The van der Waals surface area contributed by atoms with Crippen LogP contribution < -0.4 is 0 Å². The number of carboxylic acid groups (broad SMARTS) is 1. The third kappa shape index (κ3) is 3.35. The number of hydrogen-bond acceptors (Lipinski definition) is 3. The lowest BCUT2D eigenvalue weighted by Crippen LogP contribution is -2.37. The van der Waals surface area contributed by atoms with Gasteiger partial charge in [0.05, 0.1) is 11.8 Å². The lowest BCUT2D eigenvalue weighted by Gasteiger charge is -2.23. The van der Waals surface area contributed by atoms with Crippen molar-refractivity contribution in [2.75, 3.05) is 13.6 Å². The zero-order valence-electron chi connectivity index (χ0n) is 11.7. The van der Waals surface area contributed by atoms with Gasteiger partial charge in [0.2, 0.25) is 5.91 Å². The summed E-state index contributed by atoms with van der Waals surface area (Å²) in [6.07, 6.45) is 6.35. The van der Waals surface area contributed by atoms with Gasteiger partial charge in [0.15, 0.2) is 0 Å². The van der Waals surface area contributed by atoms with E-state index in [1.165, 1.54) is 0 Å². The average molecular weight is 276 g/mol. The Hall–Kier alpha value is -1.91. The van der Waals surface area contributed by atoms with Crippen LogP contribution in [0.15, 0.2) is 24.5 Å². The van der Waals surface area contributed by atoms with Gasteiger partial charge in [-0.25, -0.2) is 0 Å². The molecule has 1 N–H and O–H groups in total. The fourth-order valence-electron chi connectivity index (χ4n) is 2.79. The Kier molecular flexibility index (Phi) is 4.71. The summed E-state index contributed by atoms with van der Waals surface area (Å²) in [7, 11) is 1.75. The van der Waals surface area contributed by atoms with Gasteiger partial charge in [-0.3, -0.25) is 14.6 Å². The van der Waals surface area contributed by atoms with Gasteiger partial charge in [0.1, 0.15) is 0 Å². The Balaban J connectivity index is 1.90. The number of amides is 1. The fourth-order valence-corrected chi connectivity index (χ4v) is 2.79. The van der Waals surface area contributed by atoms with Gasteiger partial charge < -0.3 is 10.0 Å². The number of carbonyl (C=O) groups is 2. The highest BCUT2D eigenvalue weighted by atomic mass is 16.4. The van der Waals surface area contributed by atoms with Crippen molar-refractivity contribution in [3.8, 4) is 0 Å². The van der Waals surface area contributed by atoms with Gasteiger partial charge in [-0.15, -0.1) is 0 Å². The molecule has 0 aromatic carbocycles. The smallest absolute Gasteiger partial charge is 0.307 e. The molecule has 2 rings (SSSR count). The standard InChI is InChI=1S/C15H20N2O3/c1-17(10-7-11-5-8-16-9-6-11)14(18)12-3-2-4-13(12)15(19)20/h5-6,8-9,12-13H,2-4,7,10H2,1H3,(H,19,20). The molecule has 1 amide bonds. The van der Waals surface area contributed by atoms with E-state index in [2.05, 4.69) is 4.98 Å². The van der Waals surface area contributed by atoms with Crippen molar-refractivity contribution in [2.24, 2.45) is 11.8 Å². The van der Waals surface area contributed by atoms with Crippen LogP contribution in [-0.4, -0.2) is 40.5 Å². The third-order valence-electron chi connectivity index (χ3n) is 4.01. The quantitative estimate of drug-likeness (QED) is 0.886. The molecular formula is C15H20N2O3. The number of hydrogen-bond donors (Lipinski definition) is 1. The Morgan fingerprint density at radius 2 is 1.95 bits per heavy atom. The molecule has 1 aliphatic carbocycles. The van der Waals surface area contributed by atoms with Crippen molar-refractivity contribution in [1.82, 2.24) is 9.88 Å². The van der Waals surface area contributed by atoms with Crippen LogP contribution in [0.1, 0.15) is 24.8 Å². The molecule has 0 bridgehead atoms. The van der Waals surface area contributed by atoms with E-state index >= 15 is 0 Å². The van der Waals surface area contributed by atoms with Crippen molar-refractivity contribution >= 4 is 11.9 Å². The van der Waals surface area contributed by atoms with E-state index < -0.39 is 11.9 Å². The van der Waals surface area contributed by atoms with Crippen molar-refractivity contribution in [3.05, 3.63) is 30.1 Å². The molecule has 1 fully saturated rings. The highest BCUT2D eigenvalue weighted by molar-refractivity contribution is 5.85. The molecule has 2 atom stereocenters. The van der Waals surface area contributed by atoms with Gasteiger partial charge in [0.25, 0.3) is 0 Å². The second kappa shape index (κ2) is 6.50. The normalized spacial score (nSPS) is 21.6. The monoisotopic (exact) mass is 276 g/mol. The minimum absolute atomic E-state index is 0.0380. The summed E-state index contributed by atoms with van der Waals surface area (Å²) < 4.78 is 0. The van der Waals surface area contributed by atoms with E-state index in [0.717, 1.165) is 18.4 Å². The van der Waals surface area contributed by atoms with Crippen molar-refractivity contribution < 1.29 is 14.7 Å². The van der Waals surface area contributed by atoms with E-state index in [9.17, 15) is 9.59 Å². The van der Waals surface area contributed by atoms with E-state index in [4.69, 9.17) is 5.11 Å². The first-order valence-corrected chi connectivity index (χ1v) is 6.96. The molecule has 1 heterocycles. The van der Waals surface area contributed by atoms with Crippen LogP contribution in [-0.2, 0) is 16.0 Å². The number of aromatic nitrogens is 1. The maximum atomic E-state index is 12.3. The van der Waals surface area contributed by atoms with Gasteiger partial charge >= 0.3 is 5.97 Å². The van der Waals surface area contributed by atoms with Crippen LogP contribution in [0.2, 0.25) is 0 Å². The number of carboxylic acids is 1. The average Bonchev–Trinajstić information content (AvgIpc) is 2.94. The number of rotatable bonds is 5. The van der Waals surface area contributed by atoms with E-state index in [0.29, 0.717) is 19.4 Å². The van der Waals surface area contributed by atoms with Gasteiger partial charge in [-0.05, 0) is 37.0 Å². The third-order valence-corrected chi connectivity index (χ3v) is 4.01. The first-order chi connectivity index (χ1) is 9.59. The molecule has 0 saturated heterocycles. The van der Waals surface area contributed by atoms with E-state index in [-0.39, 0.29) is 11.8 Å². The molecule has 0 spiro atoms. The molecule has 1 aliphatic rings. The number of aliphatic carboxylic acids is 1. The van der Waals surface area contributed by atoms with Crippen LogP contribution >= 0.6 is 0 Å². The molecule has 1 aromatic rings. The second-order valence-corrected chi connectivity index (χ2v) is 5.35. The minimum atomic E-state index is -0.844. The minimum Gasteiger partial charge on any atom is -0.481 e. The number of nitrogens with zero attached hydrogens (tertiary/aromatic N) is 2. The fraction of sp³-hybridized carbons (Fsp3) is 0.533. The Labute approximate surface area is 118 Å². The first kappa shape index (κ1) is 14.5. The first-order valence-electron chi connectivity index (χ1n) is 6.96. The van der Waals surface area contributed by atoms with Crippen LogP contribution in [0.4, 0.5) is 0 Å². The molecule has 0 aliphatic heterocycles. The number of pyridine rings is 1. The largest absolute Gasteiger partial charge is 0.481 e. The van der Waals surface area contributed by atoms with Crippen molar-refractivity contribution in [1.29, 1.82) is 0 Å². The van der Waals surface area contributed by atoms with Crippen LogP contribution in [0.3, 0.4) is 0 Å². The van der Waals surface area contributed by atoms with Crippen LogP contribution in [0.5, 0.6) is 0 Å². The summed E-state index contributed by atoms with van der Waals surface area (Å²) in [4.78, 5) is 29.1. The summed E-state index contributed by atoms with van der Waals surface area (Å²) in [5.74, 6) is -1.74. The molecule has 1 aromatic heterocycles. The molecule has 2 unspecified atom stereocenters. The van der Waals surface area contributed by atoms with Crippen molar-refractivity contribution in [2.45, 2.75) is 25.7 Å². The summed E-state index contributed by atoms with van der Waals surface area (Å²) in [6.45, 7) is 0.603. The molecular weight excluding hydrogens is 256 g/mol. The predicted octanol–water partition coefficient (Wildman–Crippen LogP) is 1.58. The zero-order chi connectivity index (χ0) is 14.5. The summed E-state index contributed by atoms with van der Waals surface area (Å²) in [5, 5.41) is 9.14. The van der Waals surface area contributed by atoms with Crippen molar-refractivity contribution in [3.63, 3.8) is 0 Å².